The highest BCUT2D eigenvalue weighted by atomic mass is 16.2. The van der Waals surface area contributed by atoms with Crippen molar-refractivity contribution in [1.82, 2.24) is 14.7 Å². The van der Waals surface area contributed by atoms with Crippen LogP contribution in [0, 0.1) is 5.92 Å². The van der Waals surface area contributed by atoms with Crippen molar-refractivity contribution in [2.75, 3.05) is 52.9 Å². The topological polar surface area (TPSA) is 52.8 Å². The molecular formula is C18H28N4O. The second-order valence-electron chi connectivity index (χ2n) is 6.92. The second kappa shape index (κ2) is 7.43. The van der Waals surface area contributed by atoms with Crippen LogP contribution in [0.2, 0.25) is 0 Å². The number of rotatable bonds is 4. The van der Waals surface area contributed by atoms with Crippen LogP contribution in [-0.2, 0) is 6.54 Å². The Morgan fingerprint density at radius 2 is 1.83 bits per heavy atom. The Morgan fingerprint density at radius 3 is 2.43 bits per heavy atom. The molecule has 2 heterocycles. The fourth-order valence-electron chi connectivity index (χ4n) is 3.41. The molecule has 2 aliphatic heterocycles. The van der Waals surface area contributed by atoms with Gasteiger partial charge >= 0.3 is 0 Å². The summed E-state index contributed by atoms with van der Waals surface area (Å²) in [5.74, 6) is 0.613. The van der Waals surface area contributed by atoms with Gasteiger partial charge in [0.1, 0.15) is 0 Å². The molecule has 23 heavy (non-hydrogen) atoms. The van der Waals surface area contributed by atoms with E-state index in [9.17, 15) is 4.79 Å². The van der Waals surface area contributed by atoms with Gasteiger partial charge in [0.05, 0.1) is 0 Å². The van der Waals surface area contributed by atoms with Gasteiger partial charge in [-0.15, -0.1) is 0 Å². The molecule has 1 aromatic carbocycles. The van der Waals surface area contributed by atoms with Crippen LogP contribution in [0.4, 0.5) is 0 Å². The maximum absolute atomic E-state index is 12.5. The van der Waals surface area contributed by atoms with Crippen molar-refractivity contribution in [3.05, 3.63) is 35.4 Å². The highest BCUT2D eigenvalue weighted by Gasteiger charge is 2.25. The van der Waals surface area contributed by atoms with Gasteiger partial charge in [0.15, 0.2) is 0 Å². The molecule has 1 amide bonds. The van der Waals surface area contributed by atoms with Gasteiger partial charge in [-0.3, -0.25) is 9.69 Å². The number of piperazine rings is 1. The summed E-state index contributed by atoms with van der Waals surface area (Å²) in [6.45, 7) is 7.79. The number of likely N-dealkylation sites (N-methyl/N-ethyl adjacent to an activating group) is 1. The zero-order valence-electron chi connectivity index (χ0n) is 14.1. The number of carbonyl (C=O) groups excluding carboxylic acids is 1. The molecular weight excluding hydrogens is 288 g/mol. The van der Waals surface area contributed by atoms with Crippen LogP contribution in [0.5, 0.6) is 0 Å². The van der Waals surface area contributed by atoms with Crippen molar-refractivity contribution in [2.24, 2.45) is 11.7 Å². The molecule has 1 aromatic rings. The average molecular weight is 316 g/mol. The number of nitrogens with zero attached hydrogens (tertiary/aromatic N) is 3. The number of hydrogen-bond donors (Lipinski definition) is 1. The molecule has 0 aliphatic carbocycles. The van der Waals surface area contributed by atoms with Gasteiger partial charge in [0.25, 0.3) is 5.91 Å². The molecule has 2 N–H and O–H groups in total. The van der Waals surface area contributed by atoms with E-state index in [0.29, 0.717) is 12.5 Å². The molecule has 2 saturated heterocycles. The van der Waals surface area contributed by atoms with E-state index in [0.717, 1.165) is 57.8 Å². The third-order valence-electron chi connectivity index (χ3n) is 5.11. The van der Waals surface area contributed by atoms with Crippen LogP contribution in [0.1, 0.15) is 22.3 Å². The zero-order valence-corrected chi connectivity index (χ0v) is 14.1. The van der Waals surface area contributed by atoms with Crippen molar-refractivity contribution in [3.63, 3.8) is 0 Å². The molecule has 5 heteroatoms. The summed E-state index contributed by atoms with van der Waals surface area (Å²) >= 11 is 0. The Morgan fingerprint density at radius 1 is 1.13 bits per heavy atom. The summed E-state index contributed by atoms with van der Waals surface area (Å²) in [6, 6.07) is 8.15. The van der Waals surface area contributed by atoms with Crippen molar-refractivity contribution in [1.29, 1.82) is 0 Å². The highest BCUT2D eigenvalue weighted by Crippen LogP contribution is 2.18. The lowest BCUT2D eigenvalue weighted by Crippen LogP contribution is -2.43. The van der Waals surface area contributed by atoms with E-state index in [1.807, 2.05) is 17.0 Å². The van der Waals surface area contributed by atoms with Crippen LogP contribution in [0.25, 0.3) is 0 Å². The minimum Gasteiger partial charge on any atom is -0.338 e. The van der Waals surface area contributed by atoms with Gasteiger partial charge in [-0.2, -0.15) is 0 Å². The van der Waals surface area contributed by atoms with Gasteiger partial charge in [-0.05, 0) is 43.6 Å². The van der Waals surface area contributed by atoms with E-state index in [-0.39, 0.29) is 5.91 Å². The Hall–Kier alpha value is -1.43. The minimum atomic E-state index is 0.145. The Kier molecular flexibility index (Phi) is 5.30. The normalized spacial score (nSPS) is 23.4. The lowest BCUT2D eigenvalue weighted by atomic mass is 10.1. The summed E-state index contributed by atoms with van der Waals surface area (Å²) in [5.41, 5.74) is 7.79. The molecule has 1 atom stereocenters. The molecule has 2 fully saturated rings. The molecule has 0 radical (unpaired) electrons. The molecule has 1 unspecified atom stereocenters. The van der Waals surface area contributed by atoms with Crippen molar-refractivity contribution >= 4 is 5.91 Å². The number of hydrogen-bond acceptors (Lipinski definition) is 4. The van der Waals surface area contributed by atoms with Crippen molar-refractivity contribution in [2.45, 2.75) is 13.0 Å². The summed E-state index contributed by atoms with van der Waals surface area (Å²) in [7, 11) is 2.17. The van der Waals surface area contributed by atoms with E-state index in [2.05, 4.69) is 29.0 Å². The maximum Gasteiger partial charge on any atom is 0.253 e. The van der Waals surface area contributed by atoms with Crippen LogP contribution in [-0.4, -0.2) is 73.5 Å². The number of amides is 1. The van der Waals surface area contributed by atoms with Crippen LogP contribution in [0.15, 0.2) is 24.3 Å². The van der Waals surface area contributed by atoms with E-state index >= 15 is 0 Å². The molecule has 0 aromatic heterocycles. The molecule has 5 nitrogen and oxygen atoms in total. The first kappa shape index (κ1) is 16.4. The van der Waals surface area contributed by atoms with Gasteiger partial charge in [-0.1, -0.05) is 12.1 Å². The predicted molar refractivity (Wildman–Crippen MR) is 92.3 cm³/mol. The lowest BCUT2D eigenvalue weighted by molar-refractivity contribution is 0.0787. The van der Waals surface area contributed by atoms with Gasteiger partial charge in [0, 0.05) is 51.4 Å². The van der Waals surface area contributed by atoms with Crippen molar-refractivity contribution in [3.8, 4) is 0 Å². The summed E-state index contributed by atoms with van der Waals surface area (Å²) < 4.78 is 0. The standard InChI is InChI=1S/C18H28N4O/c1-20-8-10-21(11-9-20)13-15-2-4-17(5-3-15)18(23)22-7-6-16(12-19)14-22/h2-5,16H,6-14,19H2,1H3. The van der Waals surface area contributed by atoms with Gasteiger partial charge in [-0.25, -0.2) is 0 Å². The fourth-order valence-corrected chi connectivity index (χ4v) is 3.41. The van der Waals surface area contributed by atoms with E-state index in [1.54, 1.807) is 0 Å². The first-order valence-corrected chi connectivity index (χ1v) is 8.65. The van der Waals surface area contributed by atoms with Crippen LogP contribution < -0.4 is 5.73 Å². The zero-order chi connectivity index (χ0) is 16.2. The smallest absolute Gasteiger partial charge is 0.253 e. The quantitative estimate of drug-likeness (QED) is 0.895. The van der Waals surface area contributed by atoms with Crippen molar-refractivity contribution < 1.29 is 4.79 Å². The number of carbonyl (C=O) groups is 1. The number of benzene rings is 1. The molecule has 0 bridgehead atoms. The minimum absolute atomic E-state index is 0.145. The Labute approximate surface area is 139 Å². The number of nitrogens with two attached hydrogens (primary N) is 1. The van der Waals surface area contributed by atoms with Crippen LogP contribution in [0.3, 0.4) is 0 Å². The fraction of sp³-hybridized carbons (Fsp3) is 0.611. The Bertz CT molecular complexity index is 522. The molecule has 0 saturated carbocycles. The van der Waals surface area contributed by atoms with E-state index < -0.39 is 0 Å². The molecule has 2 aliphatic rings. The SMILES string of the molecule is CN1CCN(Cc2ccc(C(=O)N3CCC(CN)C3)cc2)CC1. The largest absolute Gasteiger partial charge is 0.338 e. The van der Waals surface area contributed by atoms with Crippen LogP contribution >= 0.6 is 0 Å². The molecule has 3 rings (SSSR count). The number of likely N-dealkylation sites (tertiary alicyclic amines) is 1. The maximum atomic E-state index is 12.5. The monoisotopic (exact) mass is 316 g/mol. The average Bonchev–Trinajstić information content (AvgIpc) is 3.06. The summed E-state index contributed by atoms with van der Waals surface area (Å²) in [6.07, 6.45) is 1.03. The lowest BCUT2D eigenvalue weighted by Gasteiger charge is -2.32. The third kappa shape index (κ3) is 4.10. The first-order chi connectivity index (χ1) is 11.2. The third-order valence-corrected chi connectivity index (χ3v) is 5.11. The first-order valence-electron chi connectivity index (χ1n) is 8.65. The highest BCUT2D eigenvalue weighted by molar-refractivity contribution is 5.94. The molecule has 0 spiro atoms. The van der Waals surface area contributed by atoms with Gasteiger partial charge in [0.2, 0.25) is 0 Å². The second-order valence-corrected chi connectivity index (χ2v) is 6.92. The van der Waals surface area contributed by atoms with Gasteiger partial charge < -0.3 is 15.5 Å². The summed E-state index contributed by atoms with van der Waals surface area (Å²) in [4.78, 5) is 19.3. The predicted octanol–water partition coefficient (Wildman–Crippen LogP) is 0.855. The van der Waals surface area contributed by atoms with E-state index in [1.165, 1.54) is 5.56 Å². The van der Waals surface area contributed by atoms with E-state index in [4.69, 9.17) is 5.73 Å². The molecule has 126 valence electrons. The Balaban J connectivity index is 1.55. The summed E-state index contributed by atoms with van der Waals surface area (Å²) in [5, 5.41) is 0.